The molecule has 0 unspecified atom stereocenters. The molecule has 1 fully saturated rings. The predicted molar refractivity (Wildman–Crippen MR) is 132 cm³/mol. The molecule has 2 N–H and O–H groups in total. The Kier molecular flexibility index (Phi) is 6.42. The molecular weight excluding hydrogens is 434 g/mol. The lowest BCUT2D eigenvalue weighted by atomic mass is 9.98. The molecule has 0 radical (unpaired) electrons. The van der Waals surface area contributed by atoms with Gasteiger partial charge >= 0.3 is 0 Å². The lowest BCUT2D eigenvalue weighted by Gasteiger charge is -2.22. The van der Waals surface area contributed by atoms with Gasteiger partial charge in [-0.3, -0.25) is 4.79 Å². The van der Waals surface area contributed by atoms with Crippen LogP contribution in [0.3, 0.4) is 0 Å². The minimum Gasteiger partial charge on any atom is -0.456 e. The summed E-state index contributed by atoms with van der Waals surface area (Å²) in [5.74, 6) is 1.19. The highest BCUT2D eigenvalue weighted by Gasteiger charge is 2.16. The number of hydrogen-bond donors (Lipinski definition) is 2. The standard InChI is InChI=1S/C27H26ClN3O2/c28-22-13-20(26-21(14-22)16-25(33-26)19-5-2-1-3-6-19)15-23-7-4-8-24(31-23)27(32)30-17-18-9-11-29-12-10-18/h1-8,13-14,16,18,29H,9-12,15,17H2,(H,30,32). The van der Waals surface area contributed by atoms with Gasteiger partial charge in [0.1, 0.15) is 17.0 Å². The molecule has 1 saturated heterocycles. The molecule has 0 saturated carbocycles. The van der Waals surface area contributed by atoms with Crippen molar-refractivity contribution in [2.75, 3.05) is 19.6 Å². The van der Waals surface area contributed by atoms with Crippen molar-refractivity contribution in [3.05, 3.63) is 88.7 Å². The third kappa shape index (κ3) is 5.10. The number of hydrogen-bond acceptors (Lipinski definition) is 4. The largest absolute Gasteiger partial charge is 0.456 e. The van der Waals surface area contributed by atoms with E-state index in [9.17, 15) is 4.79 Å². The van der Waals surface area contributed by atoms with Gasteiger partial charge in [0.15, 0.2) is 0 Å². The monoisotopic (exact) mass is 459 g/mol. The van der Waals surface area contributed by atoms with Crippen LogP contribution in [0.4, 0.5) is 0 Å². The summed E-state index contributed by atoms with van der Waals surface area (Å²) < 4.78 is 6.23. The summed E-state index contributed by atoms with van der Waals surface area (Å²) in [5, 5.41) is 8.00. The number of rotatable bonds is 6. The van der Waals surface area contributed by atoms with Gasteiger partial charge in [-0.05, 0) is 62.2 Å². The number of carbonyl (C=O) groups excluding carboxylic acids is 1. The SMILES string of the molecule is O=C(NCC1CCNCC1)c1cccc(Cc2cc(Cl)cc3cc(-c4ccccc4)oc23)n1. The molecule has 0 aliphatic carbocycles. The number of benzene rings is 2. The van der Waals surface area contributed by atoms with Gasteiger partial charge in [0.2, 0.25) is 0 Å². The average molecular weight is 460 g/mol. The van der Waals surface area contributed by atoms with Crippen LogP contribution in [0.2, 0.25) is 5.02 Å². The molecule has 0 bridgehead atoms. The molecule has 4 aromatic rings. The molecular formula is C27H26ClN3O2. The molecule has 0 atom stereocenters. The van der Waals surface area contributed by atoms with Crippen molar-refractivity contribution in [1.82, 2.24) is 15.6 Å². The Labute approximate surface area is 198 Å². The van der Waals surface area contributed by atoms with E-state index in [1.807, 2.05) is 60.7 Å². The van der Waals surface area contributed by atoms with E-state index in [1.165, 1.54) is 0 Å². The van der Waals surface area contributed by atoms with E-state index in [-0.39, 0.29) is 5.91 Å². The zero-order chi connectivity index (χ0) is 22.6. The van der Waals surface area contributed by atoms with E-state index in [0.717, 1.165) is 59.5 Å². The summed E-state index contributed by atoms with van der Waals surface area (Å²) >= 11 is 6.41. The van der Waals surface area contributed by atoms with E-state index in [4.69, 9.17) is 16.0 Å². The van der Waals surface area contributed by atoms with Crippen LogP contribution in [-0.2, 0) is 6.42 Å². The second-order valence-corrected chi connectivity index (χ2v) is 8.99. The minimum atomic E-state index is -0.129. The van der Waals surface area contributed by atoms with Crippen LogP contribution >= 0.6 is 11.6 Å². The molecule has 1 aliphatic rings. The number of piperidine rings is 1. The quantitative estimate of drug-likeness (QED) is 0.401. The summed E-state index contributed by atoms with van der Waals surface area (Å²) in [5.41, 5.74) is 3.98. The van der Waals surface area contributed by atoms with E-state index < -0.39 is 0 Å². The van der Waals surface area contributed by atoms with Gasteiger partial charge in [-0.15, -0.1) is 0 Å². The van der Waals surface area contributed by atoms with Gasteiger partial charge in [-0.25, -0.2) is 4.98 Å². The molecule has 5 rings (SSSR count). The molecule has 168 valence electrons. The summed E-state index contributed by atoms with van der Waals surface area (Å²) in [7, 11) is 0. The third-order valence-electron chi connectivity index (χ3n) is 6.14. The van der Waals surface area contributed by atoms with Crippen molar-refractivity contribution in [3.8, 4) is 11.3 Å². The summed E-state index contributed by atoms with van der Waals surface area (Å²) in [6.45, 7) is 2.72. The van der Waals surface area contributed by atoms with E-state index >= 15 is 0 Å². The maximum Gasteiger partial charge on any atom is 0.269 e. The fraction of sp³-hybridized carbons (Fsp3) is 0.259. The zero-order valence-corrected chi connectivity index (χ0v) is 19.1. The van der Waals surface area contributed by atoms with Crippen LogP contribution in [0, 0.1) is 5.92 Å². The van der Waals surface area contributed by atoms with Crippen molar-refractivity contribution in [1.29, 1.82) is 0 Å². The van der Waals surface area contributed by atoms with Crippen molar-refractivity contribution >= 4 is 28.5 Å². The molecule has 2 aromatic carbocycles. The lowest BCUT2D eigenvalue weighted by molar-refractivity contribution is 0.0939. The molecule has 6 heteroatoms. The summed E-state index contributed by atoms with van der Waals surface area (Å²) in [6, 6.07) is 21.4. The van der Waals surface area contributed by atoms with Crippen molar-refractivity contribution in [2.45, 2.75) is 19.3 Å². The topological polar surface area (TPSA) is 67.2 Å². The van der Waals surface area contributed by atoms with E-state index in [0.29, 0.717) is 29.6 Å². The first kappa shape index (κ1) is 21.7. The number of nitrogens with zero attached hydrogens (tertiary/aromatic N) is 1. The maximum absolute atomic E-state index is 12.7. The Morgan fingerprint density at radius 2 is 1.88 bits per heavy atom. The number of carbonyl (C=O) groups is 1. The average Bonchev–Trinajstić information content (AvgIpc) is 3.28. The van der Waals surface area contributed by atoms with Gasteiger partial charge in [-0.1, -0.05) is 48.0 Å². The Balaban J connectivity index is 1.36. The van der Waals surface area contributed by atoms with E-state index in [2.05, 4.69) is 15.6 Å². The van der Waals surface area contributed by atoms with Crippen LogP contribution in [0.15, 0.2) is 71.1 Å². The number of aromatic nitrogens is 1. The second-order valence-electron chi connectivity index (χ2n) is 8.55. The highest BCUT2D eigenvalue weighted by molar-refractivity contribution is 6.31. The molecule has 5 nitrogen and oxygen atoms in total. The molecule has 3 heterocycles. The smallest absolute Gasteiger partial charge is 0.269 e. The van der Waals surface area contributed by atoms with Crippen molar-refractivity contribution in [3.63, 3.8) is 0 Å². The van der Waals surface area contributed by atoms with Crippen LogP contribution < -0.4 is 10.6 Å². The fourth-order valence-corrected chi connectivity index (χ4v) is 4.62. The van der Waals surface area contributed by atoms with Gasteiger partial charge in [0.05, 0.1) is 0 Å². The first-order valence-corrected chi connectivity index (χ1v) is 11.8. The predicted octanol–water partition coefficient (Wildman–Crippen LogP) is 5.47. The number of amides is 1. The number of halogens is 1. The van der Waals surface area contributed by atoms with Crippen LogP contribution in [0.25, 0.3) is 22.3 Å². The van der Waals surface area contributed by atoms with Crippen molar-refractivity contribution in [2.24, 2.45) is 5.92 Å². The maximum atomic E-state index is 12.7. The summed E-state index contributed by atoms with van der Waals surface area (Å²) in [6.07, 6.45) is 2.70. The Bertz CT molecular complexity index is 1260. The Morgan fingerprint density at radius 3 is 2.70 bits per heavy atom. The lowest BCUT2D eigenvalue weighted by Crippen LogP contribution is -2.36. The molecule has 33 heavy (non-hydrogen) atoms. The first-order chi connectivity index (χ1) is 16.2. The molecule has 1 aliphatic heterocycles. The van der Waals surface area contributed by atoms with E-state index in [1.54, 1.807) is 6.07 Å². The first-order valence-electron chi connectivity index (χ1n) is 11.4. The van der Waals surface area contributed by atoms with Crippen LogP contribution in [0.5, 0.6) is 0 Å². The third-order valence-corrected chi connectivity index (χ3v) is 6.36. The highest BCUT2D eigenvalue weighted by Crippen LogP contribution is 2.33. The second kappa shape index (κ2) is 9.77. The molecule has 1 amide bonds. The zero-order valence-electron chi connectivity index (χ0n) is 18.3. The Hall–Kier alpha value is -3.15. The molecule has 0 spiro atoms. The number of fused-ring (bicyclic) bond motifs is 1. The molecule has 2 aromatic heterocycles. The van der Waals surface area contributed by atoms with Gasteiger partial charge in [0.25, 0.3) is 5.91 Å². The van der Waals surface area contributed by atoms with Crippen LogP contribution in [0.1, 0.15) is 34.6 Å². The normalized spacial score (nSPS) is 14.5. The van der Waals surface area contributed by atoms with Gasteiger partial charge in [0, 0.05) is 40.2 Å². The summed E-state index contributed by atoms with van der Waals surface area (Å²) in [4.78, 5) is 17.3. The number of nitrogens with one attached hydrogen (secondary N) is 2. The number of pyridine rings is 1. The van der Waals surface area contributed by atoms with Gasteiger partial charge < -0.3 is 15.1 Å². The van der Waals surface area contributed by atoms with Gasteiger partial charge in [-0.2, -0.15) is 0 Å². The number of furan rings is 1. The van der Waals surface area contributed by atoms with Crippen LogP contribution in [-0.4, -0.2) is 30.5 Å². The fourth-order valence-electron chi connectivity index (χ4n) is 4.37. The highest BCUT2D eigenvalue weighted by atomic mass is 35.5. The van der Waals surface area contributed by atoms with Crippen molar-refractivity contribution < 1.29 is 9.21 Å². The Morgan fingerprint density at radius 1 is 1.06 bits per heavy atom. The minimum absolute atomic E-state index is 0.129.